The fraction of sp³-hybridized carbons (Fsp3) is 0.388. The smallest absolute Gasteiger partial charge is 0.137 e. The first-order valence-electron chi connectivity index (χ1n) is 26.7. The average Bonchev–Trinajstić information content (AvgIpc) is 3.86. The van der Waals surface area contributed by atoms with E-state index >= 15 is 0 Å². The van der Waals surface area contributed by atoms with E-state index in [0.717, 1.165) is 67.1 Å². The maximum absolute atomic E-state index is 6.64. The topological polar surface area (TPSA) is 33.5 Å². The molecule has 5 nitrogen and oxygen atoms in total. The van der Waals surface area contributed by atoms with Crippen molar-refractivity contribution in [3.05, 3.63) is 179 Å². The average molecular weight is 957 g/mol. The van der Waals surface area contributed by atoms with E-state index in [-0.39, 0.29) is 21.7 Å². The van der Waals surface area contributed by atoms with Crippen molar-refractivity contribution in [2.45, 2.75) is 151 Å². The minimum absolute atomic E-state index is 0.00862. The van der Waals surface area contributed by atoms with Crippen molar-refractivity contribution in [3.63, 3.8) is 0 Å². The number of unbranched alkanes of at least 4 members (excludes halogenated alkanes) is 1. The van der Waals surface area contributed by atoms with Gasteiger partial charge >= 0.3 is 0 Å². The summed E-state index contributed by atoms with van der Waals surface area (Å²) in [6, 6.07) is 49.8. The van der Waals surface area contributed by atoms with Crippen LogP contribution < -0.4 is 14.5 Å². The fourth-order valence-electron chi connectivity index (χ4n) is 10.6. The molecule has 0 atom stereocenters. The van der Waals surface area contributed by atoms with Crippen LogP contribution in [-0.2, 0) is 41.1 Å². The third-order valence-corrected chi connectivity index (χ3v) is 14.9. The van der Waals surface area contributed by atoms with Crippen molar-refractivity contribution in [2.75, 3.05) is 23.0 Å². The zero-order chi connectivity index (χ0) is 51.3. The number of anilines is 3. The Morgan fingerprint density at radius 3 is 1.92 bits per heavy atom. The molecule has 1 aliphatic heterocycles. The predicted molar refractivity (Wildman–Crippen MR) is 308 cm³/mol. The van der Waals surface area contributed by atoms with Gasteiger partial charge in [0.05, 0.1) is 29.1 Å². The number of rotatable bonds is 13. The molecular formula is C67H80N4O. The lowest BCUT2D eigenvalue weighted by molar-refractivity contribution is 0.306. The van der Waals surface area contributed by atoms with E-state index in [1.165, 1.54) is 72.3 Å². The van der Waals surface area contributed by atoms with E-state index in [2.05, 4.69) is 245 Å². The molecule has 0 radical (unpaired) electrons. The molecule has 3 heterocycles. The molecule has 0 spiro atoms. The third kappa shape index (κ3) is 10.7. The highest BCUT2D eigenvalue weighted by Crippen LogP contribution is 2.43. The maximum atomic E-state index is 6.64. The van der Waals surface area contributed by atoms with Crippen LogP contribution in [0.2, 0.25) is 0 Å². The molecule has 0 amide bonds. The normalized spacial score (nSPS) is 13.5. The molecule has 1 aliphatic rings. The molecule has 0 bridgehead atoms. The molecule has 72 heavy (non-hydrogen) atoms. The van der Waals surface area contributed by atoms with Crippen LogP contribution in [0.25, 0.3) is 38.8 Å². The molecule has 9 rings (SSSR count). The Hall–Kier alpha value is -6.33. The summed E-state index contributed by atoms with van der Waals surface area (Å²) in [4.78, 5) is 9.94. The Labute approximate surface area is 432 Å². The molecule has 0 unspecified atom stereocenters. The summed E-state index contributed by atoms with van der Waals surface area (Å²) in [7, 11) is 0. The zero-order valence-electron chi connectivity index (χ0n) is 46.0. The van der Waals surface area contributed by atoms with Crippen molar-refractivity contribution in [2.24, 2.45) is 5.92 Å². The number of fused-ring (bicyclic) bond motifs is 4. The predicted octanol–water partition coefficient (Wildman–Crippen LogP) is 17.8. The Balaban J connectivity index is 0.940. The van der Waals surface area contributed by atoms with Gasteiger partial charge in [0, 0.05) is 35.3 Å². The quantitative estimate of drug-likeness (QED) is 0.108. The minimum atomic E-state index is 0.00862. The fourth-order valence-corrected chi connectivity index (χ4v) is 10.6. The second-order valence-corrected chi connectivity index (χ2v) is 25.2. The minimum Gasteiger partial charge on any atom is -0.489 e. The Bertz CT molecular complexity index is 3200. The lowest BCUT2D eigenvalue weighted by Crippen LogP contribution is -2.28. The van der Waals surface area contributed by atoms with Crippen molar-refractivity contribution in [3.8, 4) is 22.7 Å². The third-order valence-electron chi connectivity index (χ3n) is 14.9. The lowest BCUT2D eigenvalue weighted by atomic mass is 9.76. The van der Waals surface area contributed by atoms with E-state index < -0.39 is 0 Å². The first kappa shape index (κ1) is 50.6. The van der Waals surface area contributed by atoms with E-state index in [0.29, 0.717) is 12.5 Å². The van der Waals surface area contributed by atoms with E-state index in [1.54, 1.807) is 0 Å². The van der Waals surface area contributed by atoms with Gasteiger partial charge in [0.15, 0.2) is 0 Å². The Morgan fingerprint density at radius 2 is 1.22 bits per heavy atom. The van der Waals surface area contributed by atoms with E-state index in [1.807, 2.05) is 6.20 Å². The molecule has 0 saturated heterocycles. The van der Waals surface area contributed by atoms with Gasteiger partial charge < -0.3 is 14.5 Å². The van der Waals surface area contributed by atoms with Crippen LogP contribution in [0.3, 0.4) is 0 Å². The van der Waals surface area contributed by atoms with Gasteiger partial charge in [-0.2, -0.15) is 0 Å². The number of para-hydroxylation sites is 3. The van der Waals surface area contributed by atoms with E-state index in [9.17, 15) is 0 Å². The summed E-state index contributed by atoms with van der Waals surface area (Å²) < 4.78 is 8.93. The number of nitrogens with zero attached hydrogens (tertiary/aromatic N) is 4. The molecule has 2 aromatic heterocycles. The molecule has 6 aromatic carbocycles. The Morgan fingerprint density at radius 1 is 0.569 bits per heavy atom. The molecule has 0 N–H and O–H groups in total. The second kappa shape index (κ2) is 19.6. The van der Waals surface area contributed by atoms with Crippen LogP contribution in [0, 0.1) is 5.92 Å². The van der Waals surface area contributed by atoms with Crippen molar-refractivity contribution in [1.82, 2.24) is 9.55 Å². The van der Waals surface area contributed by atoms with Gasteiger partial charge in [-0.15, -0.1) is 0 Å². The summed E-state index contributed by atoms with van der Waals surface area (Å²) in [5, 5.41) is 2.39. The number of benzene rings is 6. The molecule has 374 valence electrons. The highest BCUT2D eigenvalue weighted by Gasteiger charge is 2.28. The van der Waals surface area contributed by atoms with Crippen molar-refractivity contribution in [1.29, 1.82) is 0 Å². The molecule has 5 heteroatoms. The number of pyridine rings is 1. The van der Waals surface area contributed by atoms with Crippen LogP contribution in [0.15, 0.2) is 140 Å². The Kier molecular flexibility index (Phi) is 13.8. The first-order valence-corrected chi connectivity index (χ1v) is 26.7. The van der Waals surface area contributed by atoms with Gasteiger partial charge in [0.1, 0.15) is 18.2 Å². The SMILES string of the molecule is CC(C)Cc1cc(C(C)(C)C)cc(-c2cc(C(C)(C)C)cc(C(C)(C)C)c2)c1CCCCN1CN(c2cccc(COc3ccc4c5ccccc5n(-c5cc(C(C)(C)C)ccn5)c4c3)c2)c2ccccc21. The van der Waals surface area contributed by atoms with Gasteiger partial charge in [0.25, 0.3) is 0 Å². The van der Waals surface area contributed by atoms with Crippen LogP contribution in [-0.4, -0.2) is 22.8 Å². The summed E-state index contributed by atoms with van der Waals surface area (Å²) in [5.74, 6) is 2.32. The van der Waals surface area contributed by atoms with Crippen molar-refractivity contribution >= 4 is 38.9 Å². The highest BCUT2D eigenvalue weighted by molar-refractivity contribution is 6.09. The van der Waals surface area contributed by atoms with Crippen LogP contribution in [0.1, 0.15) is 149 Å². The van der Waals surface area contributed by atoms with Gasteiger partial charge in [-0.1, -0.05) is 170 Å². The second-order valence-electron chi connectivity index (χ2n) is 25.2. The van der Waals surface area contributed by atoms with Crippen LogP contribution >= 0.6 is 0 Å². The lowest BCUT2D eigenvalue weighted by Gasteiger charge is -2.29. The number of aromatic nitrogens is 2. The zero-order valence-corrected chi connectivity index (χ0v) is 46.0. The van der Waals surface area contributed by atoms with Gasteiger partial charge in [0.2, 0.25) is 0 Å². The standard InChI is InChI=1S/C67H80N4O/c1-45(2)34-47-36-52(67(12,13)14)40-58(48-37-50(65(6,7)8)39-51(38-48)66(9,10)11)55(47)24-19-20-33-69-44-70(61-28-18-17-27-60(61)69)53-23-21-22-46(35-53)43-72-54-29-30-57-56-25-15-16-26-59(56)71(62(57)42-54)63-41-49(31-32-68-63)64(3,4)5/h15-18,21-23,25-32,35-42,45H,19-20,24,33-34,43-44H2,1-14H3. The summed E-state index contributed by atoms with van der Waals surface area (Å²) >= 11 is 0. The highest BCUT2D eigenvalue weighted by atomic mass is 16.5. The monoisotopic (exact) mass is 957 g/mol. The van der Waals surface area contributed by atoms with Crippen molar-refractivity contribution < 1.29 is 4.74 Å². The summed E-state index contributed by atoms with van der Waals surface area (Å²) in [5.41, 5.74) is 18.6. The summed E-state index contributed by atoms with van der Waals surface area (Å²) in [6.45, 7) is 35.0. The number of hydrogen-bond donors (Lipinski definition) is 0. The maximum Gasteiger partial charge on any atom is 0.137 e. The summed E-state index contributed by atoms with van der Waals surface area (Å²) in [6.07, 6.45) is 6.30. The molecule has 8 aromatic rings. The number of ether oxygens (including phenoxy) is 1. The molecule has 0 aliphatic carbocycles. The van der Waals surface area contributed by atoms with Crippen LogP contribution in [0.5, 0.6) is 5.75 Å². The number of hydrogen-bond acceptors (Lipinski definition) is 4. The molecule has 0 fully saturated rings. The van der Waals surface area contributed by atoms with Gasteiger partial charge in [-0.05, 0) is 158 Å². The first-order chi connectivity index (χ1) is 34.0. The van der Waals surface area contributed by atoms with Gasteiger partial charge in [-0.25, -0.2) is 4.98 Å². The largest absolute Gasteiger partial charge is 0.489 e. The van der Waals surface area contributed by atoms with Gasteiger partial charge in [-0.3, -0.25) is 4.57 Å². The van der Waals surface area contributed by atoms with Crippen LogP contribution in [0.4, 0.5) is 17.1 Å². The van der Waals surface area contributed by atoms with E-state index in [4.69, 9.17) is 9.72 Å². The molecular weight excluding hydrogens is 877 g/mol. The molecule has 0 saturated carbocycles.